The first-order valence-electron chi connectivity index (χ1n) is 8.54. The van der Waals surface area contributed by atoms with Crippen LogP contribution in [0.3, 0.4) is 0 Å². The minimum atomic E-state index is -0.487. The van der Waals surface area contributed by atoms with Crippen LogP contribution in [-0.4, -0.2) is 29.6 Å². The number of esters is 1. The molecule has 0 spiro atoms. The molecule has 0 saturated heterocycles. The van der Waals surface area contributed by atoms with E-state index in [1.165, 1.54) is 13.0 Å². The van der Waals surface area contributed by atoms with E-state index in [0.29, 0.717) is 17.6 Å². The summed E-state index contributed by atoms with van der Waals surface area (Å²) in [4.78, 5) is 23.3. The molecule has 1 atom stereocenters. The zero-order chi connectivity index (χ0) is 19.4. The lowest BCUT2D eigenvalue weighted by Gasteiger charge is -2.13. The molecule has 0 aliphatic carbocycles. The quantitative estimate of drug-likeness (QED) is 0.366. The van der Waals surface area contributed by atoms with Gasteiger partial charge < -0.3 is 14.6 Å². The fourth-order valence-electron chi connectivity index (χ4n) is 2.75. The van der Waals surface area contributed by atoms with Crippen LogP contribution in [0.5, 0.6) is 11.5 Å². The highest BCUT2D eigenvalue weighted by atomic mass is 16.5. The molecule has 0 unspecified atom stereocenters. The van der Waals surface area contributed by atoms with Gasteiger partial charge in [0.1, 0.15) is 24.2 Å². The summed E-state index contributed by atoms with van der Waals surface area (Å²) in [6, 6.07) is 11.8. The van der Waals surface area contributed by atoms with Gasteiger partial charge in [-0.15, -0.1) is 0 Å². The molecule has 1 aliphatic heterocycles. The summed E-state index contributed by atoms with van der Waals surface area (Å²) in [5, 5.41) is 9.24. The van der Waals surface area contributed by atoms with E-state index in [2.05, 4.69) is 6.58 Å². The van der Waals surface area contributed by atoms with E-state index in [-0.39, 0.29) is 24.2 Å². The zero-order valence-electron chi connectivity index (χ0n) is 15.0. The predicted octanol–water partition coefficient (Wildman–Crippen LogP) is 3.71. The van der Waals surface area contributed by atoms with Crippen LogP contribution in [0.25, 0.3) is 6.08 Å². The molecule has 5 nitrogen and oxygen atoms in total. The zero-order valence-corrected chi connectivity index (χ0v) is 15.0. The molecule has 1 N–H and O–H groups in total. The molecule has 0 radical (unpaired) electrons. The van der Waals surface area contributed by atoms with Gasteiger partial charge in [-0.05, 0) is 54.5 Å². The number of carbonyl (C=O) groups is 2. The molecule has 2 aromatic carbocycles. The highest BCUT2D eigenvalue weighted by molar-refractivity contribution is 5.94. The molecule has 0 fully saturated rings. The number of benzene rings is 2. The van der Waals surface area contributed by atoms with Crippen molar-refractivity contribution in [1.82, 2.24) is 0 Å². The molecule has 0 saturated carbocycles. The molecule has 0 amide bonds. The fourth-order valence-corrected chi connectivity index (χ4v) is 2.75. The van der Waals surface area contributed by atoms with Crippen molar-refractivity contribution in [2.45, 2.75) is 19.4 Å². The molecule has 0 bridgehead atoms. The Hall–Kier alpha value is -3.34. The van der Waals surface area contributed by atoms with Crippen LogP contribution in [0.2, 0.25) is 0 Å². The normalized spacial score (nSPS) is 15.2. The summed E-state index contributed by atoms with van der Waals surface area (Å²) in [7, 11) is 0. The third-order valence-electron chi connectivity index (χ3n) is 4.30. The number of hydrogen-bond acceptors (Lipinski definition) is 5. The van der Waals surface area contributed by atoms with Gasteiger partial charge in [0.05, 0.1) is 0 Å². The molecule has 3 rings (SSSR count). The Bertz CT molecular complexity index is 909. The third kappa shape index (κ3) is 4.64. The maximum absolute atomic E-state index is 11.9. The van der Waals surface area contributed by atoms with E-state index in [4.69, 9.17) is 9.47 Å². The number of hydrogen-bond donors (Lipinski definition) is 1. The predicted molar refractivity (Wildman–Crippen MR) is 102 cm³/mol. The largest absolute Gasteiger partial charge is 0.508 e. The number of aromatic hydroxyl groups is 1. The summed E-state index contributed by atoms with van der Waals surface area (Å²) in [6.07, 6.45) is 3.24. The number of ether oxygens (including phenoxy) is 2. The van der Waals surface area contributed by atoms with Crippen LogP contribution in [0.1, 0.15) is 28.4 Å². The highest BCUT2D eigenvalue weighted by Crippen LogP contribution is 2.32. The topological polar surface area (TPSA) is 72.8 Å². The summed E-state index contributed by atoms with van der Waals surface area (Å²) in [5.74, 6) is 0.414. The van der Waals surface area contributed by atoms with Crippen LogP contribution >= 0.6 is 0 Å². The first-order chi connectivity index (χ1) is 12.9. The minimum Gasteiger partial charge on any atom is -0.508 e. The molecule has 1 aliphatic rings. The van der Waals surface area contributed by atoms with Gasteiger partial charge >= 0.3 is 5.97 Å². The van der Waals surface area contributed by atoms with Gasteiger partial charge in [0.25, 0.3) is 0 Å². The minimum absolute atomic E-state index is 0.00872. The van der Waals surface area contributed by atoms with Crippen LogP contribution < -0.4 is 4.74 Å². The second-order valence-corrected chi connectivity index (χ2v) is 6.38. The first-order valence-corrected chi connectivity index (χ1v) is 8.54. The van der Waals surface area contributed by atoms with E-state index >= 15 is 0 Å². The van der Waals surface area contributed by atoms with Gasteiger partial charge in [-0.3, -0.25) is 4.79 Å². The average molecular weight is 364 g/mol. The Morgan fingerprint density at radius 3 is 2.70 bits per heavy atom. The van der Waals surface area contributed by atoms with Crippen molar-refractivity contribution in [2.24, 2.45) is 0 Å². The molecular weight excluding hydrogens is 344 g/mol. The van der Waals surface area contributed by atoms with Crippen LogP contribution in [0.4, 0.5) is 0 Å². The van der Waals surface area contributed by atoms with E-state index in [1.54, 1.807) is 42.5 Å². The van der Waals surface area contributed by atoms with Gasteiger partial charge in [0.2, 0.25) is 0 Å². The monoisotopic (exact) mass is 364 g/mol. The molecule has 2 aromatic rings. The Morgan fingerprint density at radius 1 is 1.26 bits per heavy atom. The lowest BCUT2D eigenvalue weighted by molar-refractivity contribution is -0.136. The molecule has 5 heteroatoms. The number of fused-ring (bicyclic) bond motifs is 1. The van der Waals surface area contributed by atoms with Crippen molar-refractivity contribution < 1.29 is 24.2 Å². The van der Waals surface area contributed by atoms with E-state index < -0.39 is 5.97 Å². The molecular formula is C22H20O5. The lowest BCUT2D eigenvalue weighted by atomic mass is 10.0. The number of ketones is 1. The van der Waals surface area contributed by atoms with Crippen molar-refractivity contribution in [3.63, 3.8) is 0 Å². The van der Waals surface area contributed by atoms with Crippen LogP contribution in [-0.2, 0) is 16.0 Å². The summed E-state index contributed by atoms with van der Waals surface area (Å²) < 4.78 is 11.0. The Balaban J connectivity index is 1.51. The molecule has 0 aromatic heterocycles. The van der Waals surface area contributed by atoms with Gasteiger partial charge in [0.15, 0.2) is 5.78 Å². The van der Waals surface area contributed by atoms with Gasteiger partial charge in [-0.2, -0.15) is 0 Å². The van der Waals surface area contributed by atoms with Gasteiger partial charge in [-0.1, -0.05) is 18.7 Å². The lowest BCUT2D eigenvalue weighted by Crippen LogP contribution is -2.20. The molecule has 27 heavy (non-hydrogen) atoms. The van der Waals surface area contributed by atoms with Crippen molar-refractivity contribution in [2.75, 3.05) is 6.61 Å². The van der Waals surface area contributed by atoms with Crippen molar-refractivity contribution in [3.05, 3.63) is 77.4 Å². The third-order valence-corrected chi connectivity index (χ3v) is 4.30. The van der Waals surface area contributed by atoms with Crippen molar-refractivity contribution in [1.29, 1.82) is 0 Å². The maximum Gasteiger partial charge on any atom is 0.331 e. The fraction of sp³-hybridized carbons (Fsp3) is 0.182. The first kappa shape index (κ1) is 18.5. The molecule has 138 valence electrons. The van der Waals surface area contributed by atoms with Gasteiger partial charge in [-0.25, -0.2) is 4.79 Å². The Morgan fingerprint density at radius 2 is 2.00 bits per heavy atom. The van der Waals surface area contributed by atoms with E-state index in [1.807, 2.05) is 6.07 Å². The second-order valence-electron chi connectivity index (χ2n) is 6.38. The van der Waals surface area contributed by atoms with Gasteiger partial charge in [0, 0.05) is 23.6 Å². The number of carbonyl (C=O) groups excluding carboxylic acids is 2. The van der Waals surface area contributed by atoms with E-state index in [0.717, 1.165) is 16.9 Å². The highest BCUT2D eigenvalue weighted by Gasteiger charge is 2.26. The second kappa shape index (κ2) is 7.91. The van der Waals surface area contributed by atoms with Crippen molar-refractivity contribution in [3.8, 4) is 11.5 Å². The number of phenols is 1. The van der Waals surface area contributed by atoms with Crippen LogP contribution in [0.15, 0.2) is 60.7 Å². The SMILES string of the molecule is C=C(COC(=O)/C=C/c1ccc(O)cc1)[C@@H]1Cc2cc(C(C)=O)ccc2O1. The Labute approximate surface area is 157 Å². The standard InChI is InChI=1S/C22H20O5/c1-14(13-26-22(25)10-5-16-3-7-19(24)8-4-16)21-12-18-11-17(15(2)23)6-9-20(18)27-21/h3-11,21,24H,1,12-13H2,2H3/b10-5+/t21-/m0/s1. The van der Waals surface area contributed by atoms with E-state index in [9.17, 15) is 14.7 Å². The summed E-state index contributed by atoms with van der Waals surface area (Å²) in [6.45, 7) is 5.54. The van der Waals surface area contributed by atoms with Crippen molar-refractivity contribution >= 4 is 17.8 Å². The number of rotatable bonds is 6. The number of Topliss-reactive ketones (excluding diaryl/α,β-unsaturated/α-hetero) is 1. The summed E-state index contributed by atoms with van der Waals surface area (Å²) in [5.41, 5.74) is 3.03. The smallest absolute Gasteiger partial charge is 0.331 e. The molecule has 1 heterocycles. The Kier molecular flexibility index (Phi) is 5.41. The van der Waals surface area contributed by atoms with Crippen LogP contribution in [0, 0.1) is 0 Å². The summed E-state index contributed by atoms with van der Waals surface area (Å²) >= 11 is 0. The number of phenolic OH excluding ortho intramolecular Hbond substituents is 1. The average Bonchev–Trinajstić information content (AvgIpc) is 3.09. The maximum atomic E-state index is 11.9.